The fourth-order valence-electron chi connectivity index (χ4n) is 8.42. The minimum Gasteiger partial charge on any atom is -0.309 e. The van der Waals surface area contributed by atoms with Gasteiger partial charge in [-0.25, -0.2) is 0 Å². The van der Waals surface area contributed by atoms with Crippen LogP contribution in [-0.2, 0) is 0 Å². The summed E-state index contributed by atoms with van der Waals surface area (Å²) in [6, 6.07) is 71.1. The van der Waals surface area contributed by atoms with Crippen molar-refractivity contribution in [3.05, 3.63) is 194 Å². The van der Waals surface area contributed by atoms with Gasteiger partial charge in [0.2, 0.25) is 0 Å². The molecule has 0 aliphatic rings. The molecule has 0 unspecified atom stereocenters. The Hall–Kier alpha value is -6.68. The quantitative estimate of drug-likeness (QED) is 0.174. The maximum absolute atomic E-state index is 2.50. The molecule has 2 nitrogen and oxygen atoms in total. The maximum Gasteiger partial charge on any atom is 0.0640 e. The summed E-state index contributed by atoms with van der Waals surface area (Å²) in [5.41, 5.74) is 9.36. The van der Waals surface area contributed by atoms with E-state index in [1.54, 1.807) is 0 Å². The first-order valence-electron chi connectivity index (χ1n) is 18.1. The van der Waals surface area contributed by atoms with Gasteiger partial charge in [0.05, 0.1) is 32.8 Å². The molecule has 11 aromatic rings. The first-order valence-corrected chi connectivity index (χ1v) is 18.9. The van der Waals surface area contributed by atoms with Gasteiger partial charge in [-0.1, -0.05) is 146 Å². The summed E-state index contributed by atoms with van der Waals surface area (Å²) in [6.45, 7) is 0. The lowest BCUT2D eigenvalue weighted by Crippen LogP contribution is -2.12. The van der Waals surface area contributed by atoms with Crippen LogP contribution in [0.2, 0.25) is 0 Å². The molecule has 0 aliphatic heterocycles. The summed E-state index contributed by atoms with van der Waals surface area (Å²) < 4.78 is 5.04. The molecule has 0 amide bonds. The molecule has 0 fully saturated rings. The number of benzene rings is 9. The molecule has 9 aromatic carbocycles. The van der Waals surface area contributed by atoms with E-state index in [0.29, 0.717) is 0 Å². The van der Waals surface area contributed by atoms with Gasteiger partial charge in [-0.15, -0.1) is 11.3 Å². The van der Waals surface area contributed by atoms with E-state index in [2.05, 4.69) is 204 Å². The summed E-state index contributed by atoms with van der Waals surface area (Å²) >= 11 is 1.87. The van der Waals surface area contributed by atoms with E-state index in [-0.39, 0.29) is 0 Å². The van der Waals surface area contributed by atoms with Crippen molar-refractivity contribution in [1.82, 2.24) is 4.57 Å². The van der Waals surface area contributed by atoms with Crippen LogP contribution >= 0.6 is 11.3 Å². The predicted octanol–water partition coefficient (Wildman–Crippen LogP) is 14.6. The molecule has 0 radical (unpaired) electrons. The molecule has 0 atom stereocenters. The Morgan fingerprint density at radius 3 is 1.79 bits per heavy atom. The Morgan fingerprint density at radius 2 is 0.981 bits per heavy atom. The molecule has 0 N–H and O–H groups in total. The fraction of sp³-hybridized carbons (Fsp3) is 0. The molecular formula is C50H32N2S. The second kappa shape index (κ2) is 11.9. The number of hydrogen-bond donors (Lipinski definition) is 0. The summed E-state index contributed by atoms with van der Waals surface area (Å²) in [7, 11) is 0. The van der Waals surface area contributed by atoms with E-state index >= 15 is 0 Å². The van der Waals surface area contributed by atoms with Gasteiger partial charge >= 0.3 is 0 Å². The summed E-state index contributed by atoms with van der Waals surface area (Å²) in [6.07, 6.45) is 0. The summed E-state index contributed by atoms with van der Waals surface area (Å²) in [5.74, 6) is 0. The van der Waals surface area contributed by atoms with Crippen molar-refractivity contribution < 1.29 is 0 Å². The van der Waals surface area contributed by atoms with Gasteiger partial charge in [-0.05, 0) is 70.1 Å². The molecule has 0 bridgehead atoms. The number of aromatic nitrogens is 1. The lowest BCUT2D eigenvalue weighted by atomic mass is 9.93. The minimum absolute atomic E-state index is 1.12. The van der Waals surface area contributed by atoms with Gasteiger partial charge in [0.25, 0.3) is 0 Å². The second-order valence-electron chi connectivity index (χ2n) is 13.7. The number of anilines is 3. The van der Waals surface area contributed by atoms with E-state index < -0.39 is 0 Å². The van der Waals surface area contributed by atoms with Crippen molar-refractivity contribution >= 4 is 91.9 Å². The van der Waals surface area contributed by atoms with Gasteiger partial charge < -0.3 is 9.47 Å². The van der Waals surface area contributed by atoms with E-state index in [0.717, 1.165) is 17.1 Å². The van der Waals surface area contributed by atoms with Crippen molar-refractivity contribution in [1.29, 1.82) is 0 Å². The second-order valence-corrected chi connectivity index (χ2v) is 14.7. The molecular weight excluding hydrogens is 661 g/mol. The van der Waals surface area contributed by atoms with E-state index in [1.165, 1.54) is 80.3 Å². The van der Waals surface area contributed by atoms with Crippen LogP contribution in [0.15, 0.2) is 194 Å². The van der Waals surface area contributed by atoms with Crippen LogP contribution in [0.3, 0.4) is 0 Å². The van der Waals surface area contributed by atoms with Gasteiger partial charge in [-0.3, -0.25) is 0 Å². The van der Waals surface area contributed by atoms with Crippen LogP contribution < -0.4 is 4.90 Å². The van der Waals surface area contributed by atoms with Gasteiger partial charge in [0, 0.05) is 43.1 Å². The largest absolute Gasteiger partial charge is 0.309 e. The predicted molar refractivity (Wildman–Crippen MR) is 229 cm³/mol. The van der Waals surface area contributed by atoms with Crippen LogP contribution in [0.4, 0.5) is 17.1 Å². The number of para-hydroxylation sites is 3. The van der Waals surface area contributed by atoms with Crippen molar-refractivity contribution in [2.45, 2.75) is 0 Å². The van der Waals surface area contributed by atoms with E-state index in [4.69, 9.17) is 0 Å². The smallest absolute Gasteiger partial charge is 0.0640 e. The van der Waals surface area contributed by atoms with E-state index in [1.807, 2.05) is 11.3 Å². The summed E-state index contributed by atoms with van der Waals surface area (Å²) in [4.78, 5) is 2.50. The zero-order valence-electron chi connectivity index (χ0n) is 28.8. The Bertz CT molecular complexity index is 3150. The molecule has 0 saturated heterocycles. The maximum atomic E-state index is 2.50. The first kappa shape index (κ1) is 30.0. The van der Waals surface area contributed by atoms with E-state index in [9.17, 15) is 0 Å². The molecule has 11 rings (SSSR count). The first-order chi connectivity index (χ1) is 26.3. The average molecular weight is 693 g/mol. The Kier molecular flexibility index (Phi) is 6.76. The SMILES string of the molecule is c1ccc(N(c2ccc3ccccc3c2)c2cccc3c2sc2ccccc23)c(-c2c(-n3c4ccccc4c4ccccc43)ccc3ccccc23)c1. The fourth-order valence-corrected chi connectivity index (χ4v) is 9.63. The third-order valence-corrected chi connectivity index (χ3v) is 12.0. The van der Waals surface area contributed by atoms with Crippen molar-refractivity contribution in [3.8, 4) is 16.8 Å². The Labute approximate surface area is 311 Å². The average Bonchev–Trinajstić information content (AvgIpc) is 3.77. The van der Waals surface area contributed by atoms with Crippen LogP contribution in [-0.4, -0.2) is 4.57 Å². The molecule has 0 aliphatic carbocycles. The molecule has 0 saturated carbocycles. The normalized spacial score (nSPS) is 11.8. The van der Waals surface area contributed by atoms with Crippen LogP contribution in [0.1, 0.15) is 0 Å². The van der Waals surface area contributed by atoms with Gasteiger partial charge in [-0.2, -0.15) is 0 Å². The van der Waals surface area contributed by atoms with Crippen molar-refractivity contribution in [3.63, 3.8) is 0 Å². The van der Waals surface area contributed by atoms with Gasteiger partial charge in [0.15, 0.2) is 0 Å². The van der Waals surface area contributed by atoms with Crippen LogP contribution in [0.5, 0.6) is 0 Å². The molecule has 3 heteroatoms. The lowest BCUT2D eigenvalue weighted by molar-refractivity contribution is 1.18. The topological polar surface area (TPSA) is 8.17 Å². The zero-order chi connectivity index (χ0) is 34.9. The molecule has 0 spiro atoms. The third-order valence-electron chi connectivity index (χ3n) is 10.8. The standard InChI is InChI=1S/C50H32N2S/c1-2-16-35-32-36(30-28-33(35)14-1)51(47-26-13-22-41-40-20-8-12-27-48(40)53-50(41)47)45-25-11-7-21-42(45)49-37-17-4-3-15-34(37)29-31-46(49)52-43-23-9-5-18-38(43)39-19-6-10-24-44(39)52/h1-32H. The molecule has 2 heterocycles. The number of fused-ring (bicyclic) bond motifs is 8. The van der Waals surface area contributed by atoms with Crippen molar-refractivity contribution in [2.75, 3.05) is 4.90 Å². The van der Waals surface area contributed by atoms with Crippen LogP contribution in [0.25, 0.3) is 80.3 Å². The monoisotopic (exact) mass is 692 g/mol. The molecule has 248 valence electrons. The number of thiophene rings is 1. The Balaban J connectivity index is 1.26. The van der Waals surface area contributed by atoms with Crippen molar-refractivity contribution in [2.24, 2.45) is 0 Å². The highest BCUT2D eigenvalue weighted by molar-refractivity contribution is 7.26. The van der Waals surface area contributed by atoms with Gasteiger partial charge in [0.1, 0.15) is 0 Å². The third kappa shape index (κ3) is 4.64. The highest BCUT2D eigenvalue weighted by Gasteiger charge is 2.24. The summed E-state index contributed by atoms with van der Waals surface area (Å²) in [5, 5.41) is 9.96. The molecule has 53 heavy (non-hydrogen) atoms. The van der Waals surface area contributed by atoms with Crippen LogP contribution in [0, 0.1) is 0 Å². The minimum atomic E-state index is 1.12. The number of hydrogen-bond acceptors (Lipinski definition) is 2. The molecule has 2 aromatic heterocycles. The highest BCUT2D eigenvalue weighted by atomic mass is 32.1. The Morgan fingerprint density at radius 1 is 0.396 bits per heavy atom. The lowest BCUT2D eigenvalue weighted by Gasteiger charge is -2.29. The number of nitrogens with zero attached hydrogens (tertiary/aromatic N) is 2. The number of rotatable bonds is 5. The highest BCUT2D eigenvalue weighted by Crippen LogP contribution is 2.49. The zero-order valence-corrected chi connectivity index (χ0v) is 29.6.